The number of hydrogen-bond acceptors (Lipinski definition) is 4. The zero-order valence-electron chi connectivity index (χ0n) is 11.7. The van der Waals surface area contributed by atoms with Gasteiger partial charge in [0.1, 0.15) is 0 Å². The molecule has 0 aromatic carbocycles. The van der Waals surface area contributed by atoms with Crippen LogP contribution in [0.4, 0.5) is 5.69 Å². The first-order chi connectivity index (χ1) is 8.54. The smallest absolute Gasteiger partial charge is 0.0427 e. The standard InChI is InChI=1S/C14H24N4/c1-12-10-16-5-4-13(12)17-6-8-18(9-7-17)14(2,3)11-15/h4-5,10H,6-9,11,15H2,1-3H3. The number of aryl methyl sites for hydroxylation is 1. The summed E-state index contributed by atoms with van der Waals surface area (Å²) in [5.74, 6) is 0. The van der Waals surface area contributed by atoms with Gasteiger partial charge in [-0.3, -0.25) is 9.88 Å². The number of pyridine rings is 1. The fourth-order valence-electron chi connectivity index (χ4n) is 2.50. The quantitative estimate of drug-likeness (QED) is 0.874. The van der Waals surface area contributed by atoms with Crippen molar-refractivity contribution in [3.63, 3.8) is 0 Å². The van der Waals surface area contributed by atoms with E-state index >= 15 is 0 Å². The fourth-order valence-corrected chi connectivity index (χ4v) is 2.50. The zero-order chi connectivity index (χ0) is 13.2. The number of anilines is 1. The second-order valence-electron chi connectivity index (χ2n) is 5.65. The lowest BCUT2D eigenvalue weighted by Crippen LogP contribution is -2.57. The topological polar surface area (TPSA) is 45.4 Å². The van der Waals surface area contributed by atoms with E-state index in [2.05, 4.69) is 41.6 Å². The van der Waals surface area contributed by atoms with E-state index in [0.29, 0.717) is 6.54 Å². The zero-order valence-corrected chi connectivity index (χ0v) is 11.7. The Hall–Kier alpha value is -1.13. The van der Waals surface area contributed by atoms with E-state index in [4.69, 9.17) is 5.73 Å². The van der Waals surface area contributed by atoms with Gasteiger partial charge in [-0.05, 0) is 32.4 Å². The predicted molar refractivity (Wildman–Crippen MR) is 75.9 cm³/mol. The molecule has 0 aliphatic carbocycles. The van der Waals surface area contributed by atoms with Gasteiger partial charge < -0.3 is 10.6 Å². The molecule has 1 fully saturated rings. The van der Waals surface area contributed by atoms with Crippen molar-refractivity contribution in [2.75, 3.05) is 37.6 Å². The van der Waals surface area contributed by atoms with Gasteiger partial charge >= 0.3 is 0 Å². The third-order valence-corrected chi connectivity index (χ3v) is 3.97. The molecule has 18 heavy (non-hydrogen) atoms. The minimum absolute atomic E-state index is 0.110. The molecule has 0 atom stereocenters. The van der Waals surface area contributed by atoms with Crippen LogP contribution >= 0.6 is 0 Å². The summed E-state index contributed by atoms with van der Waals surface area (Å²) in [6.45, 7) is 11.6. The molecule has 0 spiro atoms. The molecule has 0 unspecified atom stereocenters. The van der Waals surface area contributed by atoms with Crippen LogP contribution in [0.25, 0.3) is 0 Å². The molecule has 4 nitrogen and oxygen atoms in total. The van der Waals surface area contributed by atoms with Crippen molar-refractivity contribution >= 4 is 5.69 Å². The average molecular weight is 248 g/mol. The first-order valence-electron chi connectivity index (χ1n) is 6.65. The molecule has 1 saturated heterocycles. The van der Waals surface area contributed by atoms with Crippen LogP contribution in [0.5, 0.6) is 0 Å². The van der Waals surface area contributed by atoms with E-state index in [-0.39, 0.29) is 5.54 Å². The van der Waals surface area contributed by atoms with Gasteiger partial charge in [0.2, 0.25) is 0 Å². The van der Waals surface area contributed by atoms with Crippen molar-refractivity contribution < 1.29 is 0 Å². The number of piperazine rings is 1. The van der Waals surface area contributed by atoms with Gasteiger partial charge in [-0.1, -0.05) is 0 Å². The number of rotatable bonds is 3. The van der Waals surface area contributed by atoms with Crippen molar-refractivity contribution in [1.82, 2.24) is 9.88 Å². The molecule has 1 aliphatic rings. The van der Waals surface area contributed by atoms with Gasteiger partial charge in [0.15, 0.2) is 0 Å². The molecule has 100 valence electrons. The molecule has 1 aliphatic heterocycles. The van der Waals surface area contributed by atoms with E-state index in [1.807, 2.05) is 12.4 Å². The summed E-state index contributed by atoms with van der Waals surface area (Å²) in [4.78, 5) is 9.08. The Morgan fingerprint density at radius 1 is 1.28 bits per heavy atom. The van der Waals surface area contributed by atoms with Gasteiger partial charge in [-0.25, -0.2) is 0 Å². The number of aromatic nitrogens is 1. The average Bonchev–Trinajstić information content (AvgIpc) is 2.39. The summed E-state index contributed by atoms with van der Waals surface area (Å²) in [5, 5.41) is 0. The third-order valence-electron chi connectivity index (χ3n) is 3.97. The van der Waals surface area contributed by atoms with Crippen LogP contribution in [0.15, 0.2) is 18.5 Å². The molecule has 2 heterocycles. The highest BCUT2D eigenvalue weighted by molar-refractivity contribution is 5.51. The van der Waals surface area contributed by atoms with Gasteiger partial charge in [0.05, 0.1) is 0 Å². The maximum atomic E-state index is 5.84. The molecule has 1 aromatic heterocycles. The first kappa shape index (κ1) is 13.3. The molecule has 0 bridgehead atoms. The summed E-state index contributed by atoms with van der Waals surface area (Å²) < 4.78 is 0. The van der Waals surface area contributed by atoms with Crippen molar-refractivity contribution in [3.8, 4) is 0 Å². The summed E-state index contributed by atoms with van der Waals surface area (Å²) in [5.41, 5.74) is 8.52. The van der Waals surface area contributed by atoms with Gasteiger partial charge in [-0.15, -0.1) is 0 Å². The molecule has 0 amide bonds. The minimum atomic E-state index is 0.110. The van der Waals surface area contributed by atoms with Crippen LogP contribution in [-0.2, 0) is 0 Å². The second-order valence-corrected chi connectivity index (χ2v) is 5.65. The van der Waals surface area contributed by atoms with E-state index in [0.717, 1.165) is 26.2 Å². The molecule has 2 N–H and O–H groups in total. The maximum Gasteiger partial charge on any atom is 0.0427 e. The SMILES string of the molecule is Cc1cnccc1N1CCN(C(C)(C)CN)CC1. The Labute approximate surface area is 110 Å². The summed E-state index contributed by atoms with van der Waals surface area (Å²) in [7, 11) is 0. The third kappa shape index (κ3) is 2.65. The van der Waals surface area contributed by atoms with Gasteiger partial charge in [0.25, 0.3) is 0 Å². The Bertz CT molecular complexity index is 395. The van der Waals surface area contributed by atoms with E-state index in [1.165, 1.54) is 11.3 Å². The van der Waals surface area contributed by atoms with E-state index in [1.54, 1.807) is 0 Å². The highest BCUT2D eigenvalue weighted by Crippen LogP contribution is 2.22. The predicted octanol–water partition coefficient (Wildman–Crippen LogP) is 1.25. The van der Waals surface area contributed by atoms with Crippen LogP contribution in [-0.4, -0.2) is 48.1 Å². The van der Waals surface area contributed by atoms with Crippen molar-refractivity contribution in [1.29, 1.82) is 0 Å². The lowest BCUT2D eigenvalue weighted by molar-refractivity contribution is 0.119. The lowest BCUT2D eigenvalue weighted by Gasteiger charge is -2.44. The molecule has 1 aromatic rings. The molecule has 2 rings (SSSR count). The second kappa shape index (κ2) is 5.24. The molecular formula is C14H24N4. The normalized spacial score (nSPS) is 18.1. The monoisotopic (exact) mass is 248 g/mol. The lowest BCUT2D eigenvalue weighted by atomic mass is 10.0. The largest absolute Gasteiger partial charge is 0.369 e. The Morgan fingerprint density at radius 3 is 2.50 bits per heavy atom. The molecule has 0 saturated carbocycles. The molecule has 4 heteroatoms. The first-order valence-corrected chi connectivity index (χ1v) is 6.65. The summed E-state index contributed by atoms with van der Waals surface area (Å²) >= 11 is 0. The van der Waals surface area contributed by atoms with Crippen LogP contribution in [0.1, 0.15) is 19.4 Å². The number of nitrogens with zero attached hydrogens (tertiary/aromatic N) is 3. The van der Waals surface area contributed by atoms with E-state index < -0.39 is 0 Å². The van der Waals surface area contributed by atoms with Crippen LogP contribution in [0.3, 0.4) is 0 Å². The van der Waals surface area contributed by atoms with E-state index in [9.17, 15) is 0 Å². The Kier molecular flexibility index (Phi) is 3.88. The Morgan fingerprint density at radius 2 is 1.94 bits per heavy atom. The van der Waals surface area contributed by atoms with Gasteiger partial charge in [-0.2, -0.15) is 0 Å². The Balaban J connectivity index is 2.01. The van der Waals surface area contributed by atoms with Crippen LogP contribution in [0.2, 0.25) is 0 Å². The highest BCUT2D eigenvalue weighted by atomic mass is 15.3. The summed E-state index contributed by atoms with van der Waals surface area (Å²) in [6.07, 6.45) is 3.81. The number of hydrogen-bond donors (Lipinski definition) is 1. The maximum absolute atomic E-state index is 5.84. The van der Waals surface area contributed by atoms with Crippen LogP contribution in [0, 0.1) is 6.92 Å². The van der Waals surface area contributed by atoms with Crippen molar-refractivity contribution in [2.45, 2.75) is 26.3 Å². The summed E-state index contributed by atoms with van der Waals surface area (Å²) in [6, 6.07) is 2.11. The number of nitrogens with two attached hydrogens (primary N) is 1. The molecule has 0 radical (unpaired) electrons. The molecular weight excluding hydrogens is 224 g/mol. The highest BCUT2D eigenvalue weighted by Gasteiger charge is 2.28. The fraction of sp³-hybridized carbons (Fsp3) is 0.643. The van der Waals surface area contributed by atoms with Gasteiger partial charge in [0, 0.05) is 56.3 Å². The van der Waals surface area contributed by atoms with Crippen molar-refractivity contribution in [2.24, 2.45) is 5.73 Å². The van der Waals surface area contributed by atoms with Crippen LogP contribution < -0.4 is 10.6 Å². The van der Waals surface area contributed by atoms with Crippen molar-refractivity contribution in [3.05, 3.63) is 24.0 Å². The minimum Gasteiger partial charge on any atom is -0.369 e.